The lowest BCUT2D eigenvalue weighted by Gasteiger charge is -2.34. The number of aromatic nitrogens is 1. The number of piperazine rings is 1. The Morgan fingerprint density at radius 3 is 2.55 bits per heavy atom. The molecule has 1 fully saturated rings. The zero-order chi connectivity index (χ0) is 14.4. The molecule has 1 aliphatic heterocycles. The molecule has 2 rings (SSSR count). The maximum atomic E-state index is 12.1. The van der Waals surface area contributed by atoms with Gasteiger partial charge in [0.1, 0.15) is 0 Å². The predicted octanol–water partition coefficient (Wildman–Crippen LogP) is 0.821. The average molecular weight is 278 g/mol. The molecular weight excluding hydrogens is 256 g/mol. The lowest BCUT2D eigenvalue weighted by molar-refractivity contribution is -0.131. The first-order chi connectivity index (χ1) is 9.70. The van der Waals surface area contributed by atoms with Crippen molar-refractivity contribution in [3.63, 3.8) is 0 Å². The largest absolute Gasteiger partial charge is 0.365 e. The van der Waals surface area contributed by atoms with Crippen LogP contribution in [0.1, 0.15) is 19.0 Å². The predicted molar refractivity (Wildman–Crippen MR) is 76.3 cm³/mol. The van der Waals surface area contributed by atoms with Gasteiger partial charge in [0, 0.05) is 44.6 Å². The number of H-pyrrole nitrogens is 1. The molecule has 0 unspecified atom stereocenters. The van der Waals surface area contributed by atoms with Crippen LogP contribution in [0.25, 0.3) is 0 Å². The highest BCUT2D eigenvalue weighted by Crippen LogP contribution is 2.06. The maximum absolute atomic E-state index is 12.1. The van der Waals surface area contributed by atoms with Crippen LogP contribution >= 0.6 is 0 Å². The fraction of sp³-hybridized carbons (Fsp3) is 0.571. The lowest BCUT2D eigenvalue weighted by atomic mass is 10.2. The van der Waals surface area contributed by atoms with Crippen molar-refractivity contribution in [3.8, 4) is 0 Å². The molecule has 0 aliphatic carbocycles. The molecule has 1 aromatic heterocycles. The van der Waals surface area contributed by atoms with Crippen molar-refractivity contribution in [2.45, 2.75) is 19.8 Å². The third kappa shape index (κ3) is 3.76. The van der Waals surface area contributed by atoms with Gasteiger partial charge in [0.2, 0.25) is 5.91 Å². The zero-order valence-corrected chi connectivity index (χ0v) is 11.9. The second-order valence-corrected chi connectivity index (χ2v) is 4.97. The minimum absolute atomic E-state index is 0.0247. The van der Waals surface area contributed by atoms with Gasteiger partial charge >= 0.3 is 6.03 Å². The fourth-order valence-corrected chi connectivity index (χ4v) is 2.25. The number of urea groups is 1. The number of amides is 3. The van der Waals surface area contributed by atoms with E-state index in [0.717, 1.165) is 12.1 Å². The van der Waals surface area contributed by atoms with Gasteiger partial charge in [-0.1, -0.05) is 6.92 Å². The Labute approximate surface area is 119 Å². The van der Waals surface area contributed by atoms with Crippen molar-refractivity contribution < 1.29 is 9.59 Å². The van der Waals surface area contributed by atoms with Gasteiger partial charge in [0.25, 0.3) is 0 Å². The van der Waals surface area contributed by atoms with Crippen molar-refractivity contribution in [1.82, 2.24) is 20.1 Å². The Hall–Kier alpha value is -1.98. The smallest absolute Gasteiger partial charge is 0.317 e. The molecule has 0 spiro atoms. The number of carbonyl (C=O) groups excluding carboxylic acids is 2. The van der Waals surface area contributed by atoms with Crippen molar-refractivity contribution in [3.05, 3.63) is 24.0 Å². The van der Waals surface area contributed by atoms with E-state index in [4.69, 9.17) is 0 Å². The molecule has 2 N–H and O–H groups in total. The van der Waals surface area contributed by atoms with Crippen LogP contribution in [0.5, 0.6) is 0 Å². The Morgan fingerprint density at radius 2 is 1.95 bits per heavy atom. The van der Waals surface area contributed by atoms with Crippen molar-refractivity contribution >= 4 is 11.9 Å². The summed E-state index contributed by atoms with van der Waals surface area (Å²) in [7, 11) is 0. The SMILES string of the molecule is CCCNC(=O)N1CCN(C(=O)Cc2ccc[nH]2)CC1. The van der Waals surface area contributed by atoms with Crippen molar-refractivity contribution in [2.24, 2.45) is 0 Å². The van der Waals surface area contributed by atoms with E-state index in [-0.39, 0.29) is 11.9 Å². The second kappa shape index (κ2) is 6.98. The molecule has 1 saturated heterocycles. The normalized spacial score (nSPS) is 15.2. The van der Waals surface area contributed by atoms with Gasteiger partial charge in [-0.2, -0.15) is 0 Å². The first-order valence-corrected chi connectivity index (χ1v) is 7.13. The summed E-state index contributed by atoms with van der Waals surface area (Å²) in [6, 6.07) is 3.77. The maximum Gasteiger partial charge on any atom is 0.317 e. The molecule has 110 valence electrons. The highest BCUT2D eigenvalue weighted by molar-refractivity contribution is 5.79. The van der Waals surface area contributed by atoms with E-state index in [1.165, 1.54) is 0 Å². The van der Waals surface area contributed by atoms with Gasteiger partial charge in [0.05, 0.1) is 6.42 Å². The number of rotatable bonds is 4. The van der Waals surface area contributed by atoms with E-state index >= 15 is 0 Å². The van der Waals surface area contributed by atoms with Crippen LogP contribution in [-0.2, 0) is 11.2 Å². The number of aromatic amines is 1. The molecule has 0 atom stereocenters. The minimum Gasteiger partial charge on any atom is -0.365 e. The molecule has 6 nitrogen and oxygen atoms in total. The number of hydrogen-bond donors (Lipinski definition) is 2. The topological polar surface area (TPSA) is 68.4 Å². The van der Waals surface area contributed by atoms with Crippen LogP contribution in [0.15, 0.2) is 18.3 Å². The fourth-order valence-electron chi connectivity index (χ4n) is 2.25. The van der Waals surface area contributed by atoms with Crippen LogP contribution in [0, 0.1) is 0 Å². The summed E-state index contributed by atoms with van der Waals surface area (Å²) in [6.07, 6.45) is 3.15. The highest BCUT2D eigenvalue weighted by Gasteiger charge is 2.23. The number of nitrogens with zero attached hydrogens (tertiary/aromatic N) is 2. The third-order valence-corrected chi connectivity index (χ3v) is 3.45. The molecule has 0 saturated carbocycles. The van der Waals surface area contributed by atoms with E-state index in [9.17, 15) is 9.59 Å². The molecule has 1 aliphatic rings. The van der Waals surface area contributed by atoms with Crippen LogP contribution in [0.3, 0.4) is 0 Å². The number of carbonyl (C=O) groups is 2. The molecule has 20 heavy (non-hydrogen) atoms. The van der Waals surface area contributed by atoms with E-state index in [1.54, 1.807) is 4.90 Å². The zero-order valence-electron chi connectivity index (χ0n) is 11.9. The van der Waals surface area contributed by atoms with Gasteiger partial charge in [-0.15, -0.1) is 0 Å². The van der Waals surface area contributed by atoms with Crippen LogP contribution < -0.4 is 5.32 Å². The molecule has 0 bridgehead atoms. The Balaban J connectivity index is 1.76. The molecular formula is C14H22N4O2. The van der Waals surface area contributed by atoms with Gasteiger partial charge in [-0.05, 0) is 18.6 Å². The first-order valence-electron chi connectivity index (χ1n) is 7.13. The summed E-state index contributed by atoms with van der Waals surface area (Å²) in [5.74, 6) is 0.112. The summed E-state index contributed by atoms with van der Waals surface area (Å²) < 4.78 is 0. The summed E-state index contributed by atoms with van der Waals surface area (Å²) in [5, 5.41) is 2.86. The van der Waals surface area contributed by atoms with E-state index in [2.05, 4.69) is 10.3 Å². The molecule has 2 heterocycles. The van der Waals surface area contributed by atoms with Crippen LogP contribution in [0.2, 0.25) is 0 Å². The monoisotopic (exact) mass is 278 g/mol. The average Bonchev–Trinajstić information content (AvgIpc) is 2.97. The van der Waals surface area contributed by atoms with Gasteiger partial charge in [-0.3, -0.25) is 4.79 Å². The second-order valence-electron chi connectivity index (χ2n) is 4.97. The van der Waals surface area contributed by atoms with E-state index in [1.807, 2.05) is 30.2 Å². The standard InChI is InChI=1S/C14H22N4O2/c1-2-5-16-14(20)18-9-7-17(8-10-18)13(19)11-12-4-3-6-15-12/h3-4,6,15H,2,5,7-11H2,1H3,(H,16,20). The Kier molecular flexibility index (Phi) is 5.03. The number of hydrogen-bond acceptors (Lipinski definition) is 2. The Morgan fingerprint density at radius 1 is 1.25 bits per heavy atom. The molecule has 0 radical (unpaired) electrons. The molecule has 6 heteroatoms. The van der Waals surface area contributed by atoms with Crippen LogP contribution in [-0.4, -0.2) is 59.4 Å². The third-order valence-electron chi connectivity index (χ3n) is 3.45. The summed E-state index contributed by atoms with van der Waals surface area (Å²) in [4.78, 5) is 30.5. The van der Waals surface area contributed by atoms with Gasteiger partial charge < -0.3 is 20.1 Å². The number of nitrogens with one attached hydrogen (secondary N) is 2. The van der Waals surface area contributed by atoms with E-state index < -0.39 is 0 Å². The molecule has 1 aromatic rings. The Bertz CT molecular complexity index is 436. The minimum atomic E-state index is -0.0247. The summed E-state index contributed by atoms with van der Waals surface area (Å²) in [5.41, 5.74) is 0.929. The van der Waals surface area contributed by atoms with Crippen molar-refractivity contribution in [2.75, 3.05) is 32.7 Å². The molecule has 3 amide bonds. The highest BCUT2D eigenvalue weighted by atomic mass is 16.2. The van der Waals surface area contributed by atoms with Crippen LogP contribution in [0.4, 0.5) is 4.79 Å². The first kappa shape index (κ1) is 14.4. The summed E-state index contributed by atoms with van der Waals surface area (Å²) in [6.45, 7) is 5.15. The van der Waals surface area contributed by atoms with Crippen molar-refractivity contribution in [1.29, 1.82) is 0 Å². The quantitative estimate of drug-likeness (QED) is 0.856. The lowest BCUT2D eigenvalue weighted by Crippen LogP contribution is -2.53. The van der Waals surface area contributed by atoms with Gasteiger partial charge in [0.15, 0.2) is 0 Å². The summed E-state index contributed by atoms with van der Waals surface area (Å²) >= 11 is 0. The molecule has 0 aromatic carbocycles. The van der Waals surface area contributed by atoms with E-state index in [0.29, 0.717) is 39.1 Å². The van der Waals surface area contributed by atoms with Gasteiger partial charge in [-0.25, -0.2) is 4.79 Å².